The van der Waals surface area contributed by atoms with Crippen molar-refractivity contribution in [3.05, 3.63) is 64.9 Å². The molecule has 5 heteroatoms. The summed E-state index contributed by atoms with van der Waals surface area (Å²) < 4.78 is 10.5. The van der Waals surface area contributed by atoms with Gasteiger partial charge in [0.2, 0.25) is 0 Å². The van der Waals surface area contributed by atoms with Crippen LogP contribution >= 0.6 is 0 Å². The molecule has 5 nitrogen and oxygen atoms in total. The number of nitrogens with one attached hydrogen (secondary N) is 1. The van der Waals surface area contributed by atoms with Gasteiger partial charge in [-0.15, -0.1) is 0 Å². The third-order valence-corrected chi connectivity index (χ3v) is 3.76. The molecule has 24 heavy (non-hydrogen) atoms. The molecule has 0 atom stereocenters. The minimum atomic E-state index is -0.221. The van der Waals surface area contributed by atoms with E-state index in [2.05, 4.69) is 10.3 Å². The standard InChI is InChI=1S/C19H18N2O3/c1-12-9-13(7-8-17(12)24-3)10-16-19(22)21-18(20-16)14-5-4-6-15(11-14)23-2/h4-11H,1-3H3,(H,20,21,22)/b16-10+. The first-order valence-electron chi connectivity index (χ1n) is 7.51. The molecule has 122 valence electrons. The Hall–Kier alpha value is -3.08. The first-order valence-corrected chi connectivity index (χ1v) is 7.51. The minimum Gasteiger partial charge on any atom is -0.497 e. The normalized spacial score (nSPS) is 15.2. The lowest BCUT2D eigenvalue weighted by Gasteiger charge is -2.04. The second-order valence-corrected chi connectivity index (χ2v) is 5.41. The number of hydrogen-bond donors (Lipinski definition) is 1. The summed E-state index contributed by atoms with van der Waals surface area (Å²) in [6.07, 6.45) is 1.76. The fourth-order valence-corrected chi connectivity index (χ4v) is 2.52. The number of nitrogens with zero attached hydrogens (tertiary/aromatic N) is 1. The van der Waals surface area contributed by atoms with Crippen molar-refractivity contribution >= 4 is 17.8 Å². The molecule has 3 rings (SSSR count). The van der Waals surface area contributed by atoms with Crippen molar-refractivity contribution in [2.75, 3.05) is 14.2 Å². The van der Waals surface area contributed by atoms with E-state index in [0.29, 0.717) is 17.3 Å². The van der Waals surface area contributed by atoms with Crippen molar-refractivity contribution in [3.8, 4) is 11.5 Å². The quantitative estimate of drug-likeness (QED) is 0.881. The van der Waals surface area contributed by atoms with Crippen molar-refractivity contribution < 1.29 is 14.3 Å². The maximum Gasteiger partial charge on any atom is 0.275 e. The van der Waals surface area contributed by atoms with Crippen LogP contribution in [0.5, 0.6) is 11.5 Å². The molecular formula is C19H18N2O3. The molecule has 1 amide bonds. The molecule has 2 aromatic carbocycles. The number of rotatable bonds is 4. The predicted molar refractivity (Wildman–Crippen MR) is 93.4 cm³/mol. The maximum atomic E-state index is 12.2. The topological polar surface area (TPSA) is 59.9 Å². The summed E-state index contributed by atoms with van der Waals surface area (Å²) in [4.78, 5) is 16.6. The van der Waals surface area contributed by atoms with Gasteiger partial charge in [-0.2, -0.15) is 0 Å². The van der Waals surface area contributed by atoms with Gasteiger partial charge < -0.3 is 14.8 Å². The number of amides is 1. The zero-order chi connectivity index (χ0) is 17.1. The molecule has 0 bridgehead atoms. The highest BCUT2D eigenvalue weighted by atomic mass is 16.5. The molecule has 1 N–H and O–H groups in total. The van der Waals surface area contributed by atoms with Gasteiger partial charge in [0.05, 0.1) is 14.2 Å². The van der Waals surface area contributed by atoms with Crippen LogP contribution in [0.1, 0.15) is 16.7 Å². The number of carbonyl (C=O) groups excluding carboxylic acids is 1. The summed E-state index contributed by atoms with van der Waals surface area (Å²) in [7, 11) is 3.24. The smallest absolute Gasteiger partial charge is 0.275 e. The number of aryl methyl sites for hydroxylation is 1. The lowest BCUT2D eigenvalue weighted by molar-refractivity contribution is -0.115. The second kappa shape index (κ2) is 6.58. The Bertz CT molecular complexity index is 853. The Kier molecular flexibility index (Phi) is 4.33. The lowest BCUT2D eigenvalue weighted by atomic mass is 10.1. The largest absolute Gasteiger partial charge is 0.497 e. The fraction of sp³-hybridized carbons (Fsp3) is 0.158. The van der Waals surface area contributed by atoms with Crippen molar-refractivity contribution in [1.29, 1.82) is 0 Å². The highest BCUT2D eigenvalue weighted by molar-refractivity contribution is 6.19. The highest BCUT2D eigenvalue weighted by Crippen LogP contribution is 2.22. The first kappa shape index (κ1) is 15.8. The molecular weight excluding hydrogens is 304 g/mol. The van der Waals surface area contributed by atoms with E-state index in [1.165, 1.54) is 0 Å². The van der Waals surface area contributed by atoms with E-state index in [1.54, 1.807) is 20.3 Å². The molecule has 0 fully saturated rings. The van der Waals surface area contributed by atoms with Crippen LogP contribution in [0.25, 0.3) is 6.08 Å². The lowest BCUT2D eigenvalue weighted by Crippen LogP contribution is -2.24. The Morgan fingerprint density at radius 2 is 1.92 bits per heavy atom. The Labute approximate surface area is 140 Å². The Balaban J connectivity index is 1.92. The third kappa shape index (κ3) is 3.15. The van der Waals surface area contributed by atoms with Crippen molar-refractivity contribution in [3.63, 3.8) is 0 Å². The summed E-state index contributed by atoms with van der Waals surface area (Å²) >= 11 is 0. The second-order valence-electron chi connectivity index (χ2n) is 5.41. The van der Waals surface area contributed by atoms with Gasteiger partial charge in [0.25, 0.3) is 5.91 Å². The number of amidine groups is 1. The molecule has 0 saturated carbocycles. The van der Waals surface area contributed by atoms with Crippen LogP contribution in [-0.4, -0.2) is 26.0 Å². The summed E-state index contributed by atoms with van der Waals surface area (Å²) in [5.74, 6) is 1.83. The van der Waals surface area contributed by atoms with Crippen LogP contribution in [0, 0.1) is 6.92 Å². The first-order chi connectivity index (χ1) is 11.6. The Morgan fingerprint density at radius 1 is 1.08 bits per heavy atom. The van der Waals surface area contributed by atoms with Gasteiger partial charge in [-0.05, 0) is 48.4 Å². The predicted octanol–water partition coefficient (Wildman–Crippen LogP) is 2.93. The van der Waals surface area contributed by atoms with E-state index in [9.17, 15) is 4.79 Å². The minimum absolute atomic E-state index is 0.221. The summed E-state index contributed by atoms with van der Waals surface area (Å²) in [5.41, 5.74) is 3.07. The summed E-state index contributed by atoms with van der Waals surface area (Å²) in [6, 6.07) is 13.1. The molecule has 0 saturated heterocycles. The number of benzene rings is 2. The molecule has 0 aliphatic carbocycles. The average Bonchev–Trinajstić information content (AvgIpc) is 2.96. The van der Waals surface area contributed by atoms with Gasteiger partial charge in [-0.3, -0.25) is 4.79 Å². The highest BCUT2D eigenvalue weighted by Gasteiger charge is 2.21. The van der Waals surface area contributed by atoms with E-state index in [-0.39, 0.29) is 5.91 Å². The van der Waals surface area contributed by atoms with Crippen LogP contribution in [0.2, 0.25) is 0 Å². The zero-order valence-electron chi connectivity index (χ0n) is 13.8. The maximum absolute atomic E-state index is 12.2. The summed E-state index contributed by atoms with van der Waals surface area (Å²) in [6.45, 7) is 1.96. The Morgan fingerprint density at radius 3 is 2.62 bits per heavy atom. The van der Waals surface area contributed by atoms with Gasteiger partial charge in [-0.1, -0.05) is 18.2 Å². The van der Waals surface area contributed by atoms with Crippen molar-refractivity contribution in [2.24, 2.45) is 4.99 Å². The van der Waals surface area contributed by atoms with Crippen LogP contribution in [0.3, 0.4) is 0 Å². The molecule has 1 aliphatic heterocycles. The van der Waals surface area contributed by atoms with E-state index in [0.717, 1.165) is 22.4 Å². The average molecular weight is 322 g/mol. The fourth-order valence-electron chi connectivity index (χ4n) is 2.52. The number of aliphatic imine (C=N–C) groups is 1. The van der Waals surface area contributed by atoms with Gasteiger partial charge >= 0.3 is 0 Å². The molecule has 1 aliphatic rings. The number of methoxy groups -OCH3 is 2. The van der Waals surface area contributed by atoms with E-state index >= 15 is 0 Å². The molecule has 0 spiro atoms. The van der Waals surface area contributed by atoms with Gasteiger partial charge in [0, 0.05) is 5.56 Å². The van der Waals surface area contributed by atoms with Crippen molar-refractivity contribution in [1.82, 2.24) is 5.32 Å². The molecule has 0 radical (unpaired) electrons. The molecule has 1 heterocycles. The SMILES string of the molecule is COc1cccc(C2=N/C(=C/c3ccc(OC)c(C)c3)C(=O)N2)c1. The van der Waals surface area contributed by atoms with Crippen LogP contribution in [0.4, 0.5) is 0 Å². The zero-order valence-corrected chi connectivity index (χ0v) is 13.8. The van der Waals surface area contributed by atoms with Crippen LogP contribution in [-0.2, 0) is 4.79 Å². The van der Waals surface area contributed by atoms with Gasteiger partial charge in [0.1, 0.15) is 23.0 Å². The molecule has 0 aromatic heterocycles. The third-order valence-electron chi connectivity index (χ3n) is 3.76. The molecule has 0 unspecified atom stereocenters. The number of hydrogen-bond acceptors (Lipinski definition) is 4. The van der Waals surface area contributed by atoms with Gasteiger partial charge in [0.15, 0.2) is 0 Å². The number of ether oxygens (including phenoxy) is 2. The van der Waals surface area contributed by atoms with E-state index in [1.807, 2.05) is 49.4 Å². The monoisotopic (exact) mass is 322 g/mol. The molecule has 2 aromatic rings. The van der Waals surface area contributed by atoms with Crippen LogP contribution < -0.4 is 14.8 Å². The summed E-state index contributed by atoms with van der Waals surface area (Å²) in [5, 5.41) is 2.79. The van der Waals surface area contributed by atoms with E-state index in [4.69, 9.17) is 9.47 Å². The van der Waals surface area contributed by atoms with Crippen molar-refractivity contribution in [2.45, 2.75) is 6.92 Å². The number of carbonyl (C=O) groups is 1. The van der Waals surface area contributed by atoms with Crippen LogP contribution in [0.15, 0.2) is 53.2 Å². The van der Waals surface area contributed by atoms with E-state index < -0.39 is 0 Å². The van der Waals surface area contributed by atoms with Gasteiger partial charge in [-0.25, -0.2) is 4.99 Å².